The summed E-state index contributed by atoms with van der Waals surface area (Å²) >= 11 is 3.32. The molecule has 1 aliphatic heterocycles. The summed E-state index contributed by atoms with van der Waals surface area (Å²) in [4.78, 5) is 24.4. The second-order valence-corrected chi connectivity index (χ2v) is 5.68. The van der Waals surface area contributed by atoms with E-state index in [1.54, 1.807) is 6.07 Å². The largest absolute Gasteiger partial charge is 0.480 e. The first kappa shape index (κ1) is 12.2. The van der Waals surface area contributed by atoms with Crippen LogP contribution in [0.25, 0.3) is 0 Å². The van der Waals surface area contributed by atoms with Crippen LogP contribution in [0.2, 0.25) is 0 Å². The molecule has 92 valence electrons. The van der Waals surface area contributed by atoms with Crippen LogP contribution in [0.1, 0.15) is 24.3 Å². The molecular weight excluding hydrogens is 288 g/mol. The highest BCUT2D eigenvalue weighted by molar-refractivity contribution is 9.10. The van der Waals surface area contributed by atoms with Crippen LogP contribution in [0.15, 0.2) is 16.7 Å². The van der Waals surface area contributed by atoms with E-state index >= 15 is 0 Å². The number of rotatable bonds is 2. The Morgan fingerprint density at radius 3 is 2.82 bits per heavy atom. The van der Waals surface area contributed by atoms with E-state index in [-0.39, 0.29) is 12.5 Å². The van der Waals surface area contributed by atoms with E-state index in [0.717, 1.165) is 4.47 Å². The van der Waals surface area contributed by atoms with Crippen molar-refractivity contribution in [3.63, 3.8) is 0 Å². The summed E-state index contributed by atoms with van der Waals surface area (Å²) in [6.45, 7) is 4.05. The highest BCUT2D eigenvalue weighted by Gasteiger charge is 2.39. The lowest BCUT2D eigenvalue weighted by Crippen LogP contribution is -2.56. The SMILES string of the molecule is CC1(C)Cn2cc(Br)cc2C(=O)N1CC(=O)O. The third-order valence-corrected chi connectivity index (χ3v) is 3.34. The Morgan fingerprint density at radius 2 is 2.24 bits per heavy atom. The van der Waals surface area contributed by atoms with Crippen LogP contribution in [0, 0.1) is 0 Å². The first-order valence-electron chi connectivity index (χ1n) is 5.21. The third-order valence-electron chi connectivity index (χ3n) is 2.91. The zero-order chi connectivity index (χ0) is 12.8. The van der Waals surface area contributed by atoms with Gasteiger partial charge in [0.15, 0.2) is 0 Å². The minimum absolute atomic E-state index is 0.241. The number of halogens is 1. The molecule has 0 bridgehead atoms. The number of carbonyl (C=O) groups is 2. The van der Waals surface area contributed by atoms with Gasteiger partial charge in [0.2, 0.25) is 0 Å². The fraction of sp³-hybridized carbons (Fsp3) is 0.455. The van der Waals surface area contributed by atoms with E-state index in [4.69, 9.17) is 5.11 Å². The number of carboxylic acid groups (broad SMARTS) is 1. The lowest BCUT2D eigenvalue weighted by atomic mass is 9.99. The number of carbonyl (C=O) groups excluding carboxylic acids is 1. The summed E-state index contributed by atoms with van der Waals surface area (Å²) in [6.07, 6.45) is 1.84. The van der Waals surface area contributed by atoms with E-state index in [1.807, 2.05) is 24.6 Å². The monoisotopic (exact) mass is 300 g/mol. The fourth-order valence-corrected chi connectivity index (χ4v) is 2.59. The maximum absolute atomic E-state index is 12.2. The van der Waals surface area contributed by atoms with E-state index in [1.165, 1.54) is 4.90 Å². The van der Waals surface area contributed by atoms with Gasteiger partial charge < -0.3 is 14.6 Å². The van der Waals surface area contributed by atoms with Gasteiger partial charge in [0.1, 0.15) is 12.2 Å². The highest BCUT2D eigenvalue weighted by Crippen LogP contribution is 2.28. The molecule has 0 radical (unpaired) electrons. The molecule has 0 fully saturated rings. The molecule has 0 atom stereocenters. The molecule has 1 aliphatic rings. The average molecular weight is 301 g/mol. The summed E-state index contributed by atoms with van der Waals surface area (Å²) in [5.74, 6) is -1.24. The first-order valence-corrected chi connectivity index (χ1v) is 6.00. The van der Waals surface area contributed by atoms with E-state index in [0.29, 0.717) is 12.2 Å². The average Bonchev–Trinajstić information content (AvgIpc) is 2.52. The summed E-state index contributed by atoms with van der Waals surface area (Å²) in [5, 5.41) is 8.86. The van der Waals surface area contributed by atoms with Gasteiger partial charge in [0.25, 0.3) is 5.91 Å². The van der Waals surface area contributed by atoms with Crippen molar-refractivity contribution in [2.24, 2.45) is 0 Å². The molecule has 0 aromatic carbocycles. The topological polar surface area (TPSA) is 62.5 Å². The van der Waals surface area contributed by atoms with Gasteiger partial charge in [-0.15, -0.1) is 0 Å². The van der Waals surface area contributed by atoms with Gasteiger partial charge >= 0.3 is 5.97 Å². The predicted octanol–water partition coefficient (Wildman–Crippen LogP) is 1.57. The number of fused-ring (bicyclic) bond motifs is 1. The molecule has 1 N–H and O–H groups in total. The molecule has 0 saturated heterocycles. The summed E-state index contributed by atoms with van der Waals surface area (Å²) in [5.41, 5.74) is 0.0263. The molecule has 0 aliphatic carbocycles. The first-order chi connectivity index (χ1) is 7.81. The van der Waals surface area contributed by atoms with Crippen LogP contribution < -0.4 is 0 Å². The van der Waals surface area contributed by atoms with Crippen LogP contribution in [0.3, 0.4) is 0 Å². The van der Waals surface area contributed by atoms with Crippen molar-refractivity contribution in [2.45, 2.75) is 25.9 Å². The minimum atomic E-state index is -0.995. The van der Waals surface area contributed by atoms with Gasteiger partial charge in [0.05, 0.1) is 5.54 Å². The lowest BCUT2D eigenvalue weighted by molar-refractivity contribution is -0.139. The number of carboxylic acids is 1. The molecule has 6 heteroatoms. The number of hydrogen-bond donors (Lipinski definition) is 1. The minimum Gasteiger partial charge on any atom is -0.480 e. The van der Waals surface area contributed by atoms with Crippen molar-refractivity contribution < 1.29 is 14.7 Å². The van der Waals surface area contributed by atoms with Gasteiger partial charge in [0, 0.05) is 17.2 Å². The van der Waals surface area contributed by atoms with E-state index in [2.05, 4.69) is 15.9 Å². The Kier molecular flexibility index (Phi) is 2.77. The molecule has 2 rings (SSSR count). The highest BCUT2D eigenvalue weighted by atomic mass is 79.9. The van der Waals surface area contributed by atoms with Crippen molar-refractivity contribution in [1.82, 2.24) is 9.47 Å². The molecule has 1 aromatic heterocycles. The van der Waals surface area contributed by atoms with Gasteiger partial charge in [-0.25, -0.2) is 0 Å². The van der Waals surface area contributed by atoms with Crippen LogP contribution in [-0.4, -0.2) is 38.5 Å². The van der Waals surface area contributed by atoms with Crippen LogP contribution in [0.5, 0.6) is 0 Å². The maximum atomic E-state index is 12.2. The van der Waals surface area contributed by atoms with Crippen LogP contribution in [-0.2, 0) is 11.3 Å². The quantitative estimate of drug-likeness (QED) is 0.902. The zero-order valence-electron chi connectivity index (χ0n) is 9.61. The van der Waals surface area contributed by atoms with Crippen molar-refractivity contribution in [2.75, 3.05) is 6.54 Å². The van der Waals surface area contributed by atoms with Crippen LogP contribution in [0.4, 0.5) is 0 Å². The molecule has 5 nitrogen and oxygen atoms in total. The van der Waals surface area contributed by atoms with Crippen molar-refractivity contribution in [1.29, 1.82) is 0 Å². The molecule has 1 aromatic rings. The van der Waals surface area contributed by atoms with Crippen molar-refractivity contribution in [3.05, 3.63) is 22.4 Å². The third kappa shape index (κ3) is 2.09. The number of aliphatic carboxylic acids is 1. The lowest BCUT2D eigenvalue weighted by Gasteiger charge is -2.42. The Labute approximate surface area is 107 Å². The van der Waals surface area contributed by atoms with Crippen molar-refractivity contribution in [3.8, 4) is 0 Å². The van der Waals surface area contributed by atoms with Gasteiger partial charge in [-0.2, -0.15) is 0 Å². The van der Waals surface area contributed by atoms with Gasteiger partial charge in [-0.3, -0.25) is 9.59 Å². The molecule has 0 saturated carbocycles. The normalized spacial score (nSPS) is 18.1. The Hall–Kier alpha value is -1.30. The van der Waals surface area contributed by atoms with Crippen molar-refractivity contribution >= 4 is 27.8 Å². The summed E-state index contributed by atoms with van der Waals surface area (Å²) in [7, 11) is 0. The second kappa shape index (κ2) is 3.87. The van der Waals surface area contributed by atoms with Crippen LogP contribution >= 0.6 is 15.9 Å². The number of aromatic nitrogens is 1. The second-order valence-electron chi connectivity index (χ2n) is 4.77. The Balaban J connectivity index is 2.43. The zero-order valence-corrected chi connectivity index (χ0v) is 11.2. The molecule has 2 heterocycles. The molecule has 17 heavy (non-hydrogen) atoms. The van der Waals surface area contributed by atoms with E-state index < -0.39 is 11.5 Å². The molecule has 1 amide bonds. The molecular formula is C11H13BrN2O3. The Morgan fingerprint density at radius 1 is 1.59 bits per heavy atom. The number of hydrogen-bond acceptors (Lipinski definition) is 2. The predicted molar refractivity (Wildman–Crippen MR) is 64.9 cm³/mol. The molecule has 0 spiro atoms. The smallest absolute Gasteiger partial charge is 0.323 e. The Bertz CT molecular complexity index is 493. The van der Waals surface area contributed by atoms with E-state index in [9.17, 15) is 9.59 Å². The standard InChI is InChI=1S/C11H13BrN2O3/c1-11(2)6-13-4-7(12)3-8(13)10(17)14(11)5-9(15)16/h3-4H,5-6H2,1-2H3,(H,15,16). The summed E-state index contributed by atoms with van der Waals surface area (Å²) < 4.78 is 2.68. The van der Waals surface area contributed by atoms with Gasteiger partial charge in [-0.1, -0.05) is 0 Å². The maximum Gasteiger partial charge on any atom is 0.323 e. The summed E-state index contributed by atoms with van der Waals surface area (Å²) in [6, 6.07) is 1.71. The fourth-order valence-electron chi connectivity index (χ4n) is 2.12. The van der Waals surface area contributed by atoms with Gasteiger partial charge in [-0.05, 0) is 35.8 Å². The molecule has 0 unspecified atom stereocenters. The number of amides is 1. The number of nitrogens with zero attached hydrogens (tertiary/aromatic N) is 2.